The molecule has 0 aliphatic carbocycles. The van der Waals surface area contributed by atoms with E-state index >= 15 is 0 Å². The molecule has 3 heteroatoms. The molecular formula is C16H25NO2. The van der Waals surface area contributed by atoms with Crippen LogP contribution in [0.25, 0.3) is 0 Å². The number of nitrogens with zero attached hydrogens (tertiary/aromatic N) is 1. The molecule has 0 aliphatic heterocycles. The number of carbonyl (C=O) groups is 1. The molecule has 0 radical (unpaired) electrons. The lowest BCUT2D eigenvalue weighted by atomic mass is 9.94. The largest absolute Gasteiger partial charge is 0.469 e. The number of hydrogen-bond acceptors (Lipinski definition) is 3. The minimum absolute atomic E-state index is 0.0705. The normalized spacial score (nSPS) is 13.4. The average Bonchev–Trinajstić information content (AvgIpc) is 2.44. The number of esters is 1. The lowest BCUT2D eigenvalue weighted by Gasteiger charge is -2.36. The van der Waals surface area contributed by atoms with Crippen molar-refractivity contribution >= 4 is 5.97 Å². The van der Waals surface area contributed by atoms with Crippen LogP contribution in [0.1, 0.15) is 38.7 Å². The summed E-state index contributed by atoms with van der Waals surface area (Å²) in [6.07, 6.45) is 1.03. The highest BCUT2D eigenvalue weighted by Gasteiger charge is 2.28. The van der Waals surface area contributed by atoms with Gasteiger partial charge in [0.1, 0.15) is 0 Å². The van der Waals surface area contributed by atoms with Crippen molar-refractivity contribution in [3.8, 4) is 0 Å². The van der Waals surface area contributed by atoms with Gasteiger partial charge in [-0.2, -0.15) is 0 Å². The van der Waals surface area contributed by atoms with E-state index in [0.717, 1.165) is 12.0 Å². The fourth-order valence-corrected chi connectivity index (χ4v) is 1.93. The first-order chi connectivity index (χ1) is 8.92. The number of hydrogen-bond donors (Lipinski definition) is 0. The predicted octanol–water partition coefficient (Wildman–Crippen LogP) is 3.06. The molecule has 0 bridgehead atoms. The lowest BCUT2D eigenvalue weighted by molar-refractivity contribution is -0.143. The van der Waals surface area contributed by atoms with Gasteiger partial charge in [0.05, 0.1) is 13.0 Å². The highest BCUT2D eigenvalue weighted by atomic mass is 16.5. The quantitative estimate of drug-likeness (QED) is 0.739. The second kappa shape index (κ2) is 6.71. The summed E-state index contributed by atoms with van der Waals surface area (Å²) in [5.41, 5.74) is 1.08. The van der Waals surface area contributed by atoms with Gasteiger partial charge in [-0.05, 0) is 32.9 Å². The standard InChI is InChI=1S/C16H25NO2/c1-6-16(2,3)17(4)12-14(15(18)19-5)13-10-8-7-9-11-13/h7-11,14H,6,12H2,1-5H3. The summed E-state index contributed by atoms with van der Waals surface area (Å²) in [7, 11) is 3.51. The fourth-order valence-electron chi connectivity index (χ4n) is 1.93. The van der Waals surface area contributed by atoms with Crippen LogP contribution >= 0.6 is 0 Å². The van der Waals surface area contributed by atoms with Crippen LogP contribution in [0.2, 0.25) is 0 Å². The Balaban J connectivity index is 2.91. The molecule has 0 fully saturated rings. The Kier molecular flexibility index (Phi) is 5.55. The monoisotopic (exact) mass is 263 g/mol. The second-order valence-corrected chi connectivity index (χ2v) is 5.53. The van der Waals surface area contributed by atoms with Crippen LogP contribution in [0.4, 0.5) is 0 Å². The van der Waals surface area contributed by atoms with E-state index in [0.29, 0.717) is 6.54 Å². The molecule has 0 aromatic heterocycles. The summed E-state index contributed by atoms with van der Waals surface area (Å²) in [4.78, 5) is 14.2. The molecule has 0 N–H and O–H groups in total. The van der Waals surface area contributed by atoms with Crippen molar-refractivity contribution in [1.29, 1.82) is 0 Å². The summed E-state index contributed by atoms with van der Waals surface area (Å²) in [6, 6.07) is 9.83. The van der Waals surface area contributed by atoms with Gasteiger partial charge in [-0.3, -0.25) is 4.79 Å². The van der Waals surface area contributed by atoms with E-state index in [1.54, 1.807) is 0 Å². The summed E-state index contributed by atoms with van der Waals surface area (Å²) >= 11 is 0. The van der Waals surface area contributed by atoms with E-state index in [-0.39, 0.29) is 17.4 Å². The minimum atomic E-state index is -0.234. The van der Waals surface area contributed by atoms with Gasteiger partial charge in [-0.1, -0.05) is 37.3 Å². The van der Waals surface area contributed by atoms with Crippen LogP contribution in [0, 0.1) is 0 Å². The maximum atomic E-state index is 12.0. The fraction of sp³-hybridized carbons (Fsp3) is 0.562. The Bertz CT molecular complexity index is 400. The first-order valence-corrected chi connectivity index (χ1v) is 6.76. The SMILES string of the molecule is CCC(C)(C)N(C)CC(C(=O)OC)c1ccccc1. The number of benzene rings is 1. The Morgan fingerprint density at radius 2 is 1.89 bits per heavy atom. The summed E-state index contributed by atoms with van der Waals surface area (Å²) < 4.78 is 4.95. The summed E-state index contributed by atoms with van der Waals surface area (Å²) in [5, 5.41) is 0. The van der Waals surface area contributed by atoms with Crippen molar-refractivity contribution in [2.24, 2.45) is 0 Å². The Labute approximate surface area is 116 Å². The molecule has 0 saturated carbocycles. The maximum absolute atomic E-state index is 12.0. The number of ether oxygens (including phenoxy) is 1. The Morgan fingerprint density at radius 3 is 2.37 bits per heavy atom. The molecule has 0 amide bonds. The summed E-state index contributed by atoms with van der Waals surface area (Å²) in [6.45, 7) is 7.20. The third-order valence-electron chi connectivity index (χ3n) is 4.04. The van der Waals surface area contributed by atoms with Gasteiger partial charge < -0.3 is 9.64 Å². The van der Waals surface area contributed by atoms with Gasteiger partial charge in [0.2, 0.25) is 0 Å². The zero-order chi connectivity index (χ0) is 14.5. The molecule has 1 rings (SSSR count). The van der Waals surface area contributed by atoms with Crippen LogP contribution in [-0.4, -0.2) is 37.1 Å². The second-order valence-electron chi connectivity index (χ2n) is 5.53. The molecule has 0 aliphatic rings. The summed E-state index contributed by atoms with van der Waals surface area (Å²) in [5.74, 6) is -0.410. The zero-order valence-electron chi connectivity index (χ0n) is 12.6. The van der Waals surface area contributed by atoms with Gasteiger partial charge in [-0.15, -0.1) is 0 Å². The van der Waals surface area contributed by atoms with Gasteiger partial charge in [0, 0.05) is 12.1 Å². The number of carbonyl (C=O) groups excluding carboxylic acids is 1. The molecule has 106 valence electrons. The first kappa shape index (κ1) is 15.7. The average molecular weight is 263 g/mol. The molecule has 0 spiro atoms. The molecule has 1 aromatic carbocycles. The maximum Gasteiger partial charge on any atom is 0.314 e. The lowest BCUT2D eigenvalue weighted by Crippen LogP contribution is -2.44. The van der Waals surface area contributed by atoms with Crippen molar-refractivity contribution < 1.29 is 9.53 Å². The van der Waals surface area contributed by atoms with Gasteiger partial charge in [0.15, 0.2) is 0 Å². The molecule has 1 aromatic rings. The third kappa shape index (κ3) is 4.06. The van der Waals surface area contributed by atoms with E-state index in [1.807, 2.05) is 30.3 Å². The van der Waals surface area contributed by atoms with Crippen LogP contribution in [0.5, 0.6) is 0 Å². The van der Waals surface area contributed by atoms with Crippen LogP contribution in [0.15, 0.2) is 30.3 Å². The van der Waals surface area contributed by atoms with Crippen molar-refractivity contribution in [1.82, 2.24) is 4.90 Å². The van der Waals surface area contributed by atoms with Crippen molar-refractivity contribution in [2.75, 3.05) is 20.7 Å². The van der Waals surface area contributed by atoms with Crippen LogP contribution < -0.4 is 0 Å². The molecular weight excluding hydrogens is 238 g/mol. The van der Waals surface area contributed by atoms with Crippen LogP contribution in [0.3, 0.4) is 0 Å². The highest BCUT2D eigenvalue weighted by Crippen LogP contribution is 2.23. The van der Waals surface area contributed by atoms with Gasteiger partial charge in [-0.25, -0.2) is 0 Å². The molecule has 1 atom stereocenters. The van der Waals surface area contributed by atoms with Gasteiger partial charge in [0.25, 0.3) is 0 Å². The number of likely N-dealkylation sites (N-methyl/N-ethyl adjacent to an activating group) is 1. The molecule has 0 heterocycles. The van der Waals surface area contributed by atoms with E-state index in [1.165, 1.54) is 7.11 Å². The zero-order valence-corrected chi connectivity index (χ0v) is 12.6. The van der Waals surface area contributed by atoms with E-state index in [9.17, 15) is 4.79 Å². The molecule has 0 saturated heterocycles. The van der Waals surface area contributed by atoms with E-state index in [2.05, 4.69) is 32.7 Å². The molecule has 3 nitrogen and oxygen atoms in total. The van der Waals surface area contributed by atoms with Crippen molar-refractivity contribution in [3.63, 3.8) is 0 Å². The highest BCUT2D eigenvalue weighted by molar-refractivity contribution is 5.78. The molecule has 1 unspecified atom stereocenters. The molecule has 19 heavy (non-hydrogen) atoms. The van der Waals surface area contributed by atoms with E-state index < -0.39 is 0 Å². The van der Waals surface area contributed by atoms with Gasteiger partial charge >= 0.3 is 5.97 Å². The predicted molar refractivity (Wildman–Crippen MR) is 78.2 cm³/mol. The van der Waals surface area contributed by atoms with Crippen LogP contribution in [-0.2, 0) is 9.53 Å². The van der Waals surface area contributed by atoms with E-state index in [4.69, 9.17) is 4.74 Å². The van der Waals surface area contributed by atoms with Crippen molar-refractivity contribution in [3.05, 3.63) is 35.9 Å². The third-order valence-corrected chi connectivity index (χ3v) is 4.04. The Morgan fingerprint density at radius 1 is 1.32 bits per heavy atom. The minimum Gasteiger partial charge on any atom is -0.469 e. The number of rotatable bonds is 6. The van der Waals surface area contributed by atoms with Crippen molar-refractivity contribution in [2.45, 2.75) is 38.6 Å². The first-order valence-electron chi connectivity index (χ1n) is 6.76. The Hall–Kier alpha value is -1.35. The number of methoxy groups -OCH3 is 1. The topological polar surface area (TPSA) is 29.5 Å². The smallest absolute Gasteiger partial charge is 0.314 e.